The van der Waals surface area contributed by atoms with Gasteiger partial charge < -0.3 is 10.6 Å². The van der Waals surface area contributed by atoms with E-state index in [1.807, 2.05) is 12.1 Å². The van der Waals surface area contributed by atoms with Crippen molar-refractivity contribution in [2.24, 2.45) is 0 Å². The van der Waals surface area contributed by atoms with Crippen LogP contribution in [0, 0.1) is 6.92 Å². The molecule has 0 atom stereocenters. The Bertz CT molecular complexity index is 332. The van der Waals surface area contributed by atoms with Gasteiger partial charge in [-0.2, -0.15) is 0 Å². The van der Waals surface area contributed by atoms with E-state index >= 15 is 0 Å². The highest BCUT2D eigenvalue weighted by atomic mass is 35.5. The molecule has 3 heteroatoms. The van der Waals surface area contributed by atoms with Gasteiger partial charge in [-0.25, -0.2) is 0 Å². The lowest BCUT2D eigenvalue weighted by Crippen LogP contribution is -2.35. The molecular weight excluding hydrogens is 208 g/mol. The number of hydrogen-bond acceptors (Lipinski definition) is 2. The van der Waals surface area contributed by atoms with Crippen LogP contribution in [-0.4, -0.2) is 19.1 Å². The molecule has 1 fully saturated rings. The van der Waals surface area contributed by atoms with Gasteiger partial charge in [-0.05, 0) is 50.6 Å². The first-order valence-electron chi connectivity index (χ1n) is 5.50. The molecule has 0 unspecified atom stereocenters. The Balaban J connectivity index is 2.06. The van der Waals surface area contributed by atoms with Gasteiger partial charge in [0, 0.05) is 16.8 Å². The third-order valence-corrected chi connectivity index (χ3v) is 3.38. The molecule has 1 aromatic rings. The fourth-order valence-corrected chi connectivity index (χ4v) is 2.12. The zero-order valence-corrected chi connectivity index (χ0v) is 9.77. The van der Waals surface area contributed by atoms with Gasteiger partial charge in [0.2, 0.25) is 0 Å². The molecule has 0 saturated carbocycles. The Morgan fingerprint density at radius 1 is 1.33 bits per heavy atom. The highest BCUT2D eigenvalue weighted by molar-refractivity contribution is 6.31. The van der Waals surface area contributed by atoms with Crippen molar-refractivity contribution in [1.29, 1.82) is 0 Å². The van der Waals surface area contributed by atoms with Crippen LogP contribution in [0.3, 0.4) is 0 Å². The van der Waals surface area contributed by atoms with Crippen LogP contribution in [-0.2, 0) is 0 Å². The van der Waals surface area contributed by atoms with Crippen molar-refractivity contribution in [3.63, 3.8) is 0 Å². The Morgan fingerprint density at radius 3 is 2.80 bits per heavy atom. The predicted molar refractivity (Wildman–Crippen MR) is 65.7 cm³/mol. The Labute approximate surface area is 96.0 Å². The Hall–Kier alpha value is -0.730. The van der Waals surface area contributed by atoms with Gasteiger partial charge in [0.25, 0.3) is 0 Å². The van der Waals surface area contributed by atoms with Gasteiger partial charge in [0.15, 0.2) is 0 Å². The fraction of sp³-hybridized carbons (Fsp3) is 0.500. The minimum atomic E-state index is 0.586. The minimum Gasteiger partial charge on any atom is -0.382 e. The molecule has 82 valence electrons. The Morgan fingerprint density at radius 2 is 2.07 bits per heavy atom. The molecule has 1 aliphatic rings. The molecule has 2 nitrogen and oxygen atoms in total. The lowest BCUT2D eigenvalue weighted by atomic mass is 10.1. The van der Waals surface area contributed by atoms with Gasteiger partial charge in [0.1, 0.15) is 0 Å². The summed E-state index contributed by atoms with van der Waals surface area (Å²) in [5.41, 5.74) is 2.33. The smallest absolute Gasteiger partial charge is 0.0455 e. The lowest BCUT2D eigenvalue weighted by Gasteiger charge is -2.25. The van der Waals surface area contributed by atoms with E-state index in [4.69, 9.17) is 11.6 Å². The average Bonchev–Trinajstić information content (AvgIpc) is 2.26. The summed E-state index contributed by atoms with van der Waals surface area (Å²) in [5, 5.41) is 7.77. The van der Waals surface area contributed by atoms with E-state index in [1.165, 1.54) is 18.5 Å². The monoisotopic (exact) mass is 224 g/mol. The maximum absolute atomic E-state index is 6.08. The molecule has 0 amide bonds. The van der Waals surface area contributed by atoms with E-state index in [2.05, 4.69) is 23.6 Å². The van der Waals surface area contributed by atoms with Crippen LogP contribution < -0.4 is 10.6 Å². The topological polar surface area (TPSA) is 24.1 Å². The highest BCUT2D eigenvalue weighted by Gasteiger charge is 2.13. The van der Waals surface area contributed by atoms with Crippen LogP contribution >= 0.6 is 11.6 Å². The van der Waals surface area contributed by atoms with Gasteiger partial charge in [-0.15, -0.1) is 0 Å². The zero-order chi connectivity index (χ0) is 10.7. The molecule has 15 heavy (non-hydrogen) atoms. The van der Waals surface area contributed by atoms with Gasteiger partial charge >= 0.3 is 0 Å². The number of piperidine rings is 1. The predicted octanol–water partition coefficient (Wildman–Crippen LogP) is 2.81. The third kappa shape index (κ3) is 2.64. The van der Waals surface area contributed by atoms with E-state index in [0.717, 1.165) is 23.7 Å². The molecule has 2 N–H and O–H groups in total. The normalized spacial score (nSPS) is 17.7. The summed E-state index contributed by atoms with van der Waals surface area (Å²) in [6.07, 6.45) is 2.37. The number of anilines is 1. The molecular formula is C12H17ClN2. The van der Waals surface area contributed by atoms with Crippen molar-refractivity contribution < 1.29 is 0 Å². The molecule has 1 heterocycles. The number of halogens is 1. The van der Waals surface area contributed by atoms with Crippen molar-refractivity contribution in [2.45, 2.75) is 25.8 Å². The second-order valence-corrected chi connectivity index (χ2v) is 4.49. The highest BCUT2D eigenvalue weighted by Crippen LogP contribution is 2.24. The maximum Gasteiger partial charge on any atom is 0.0455 e. The minimum absolute atomic E-state index is 0.586. The molecule has 0 spiro atoms. The number of nitrogens with one attached hydrogen (secondary N) is 2. The first kappa shape index (κ1) is 10.8. The summed E-state index contributed by atoms with van der Waals surface area (Å²) in [5.74, 6) is 0. The molecule has 1 aliphatic heterocycles. The number of hydrogen-bond donors (Lipinski definition) is 2. The van der Waals surface area contributed by atoms with Gasteiger partial charge in [0.05, 0.1) is 0 Å². The largest absolute Gasteiger partial charge is 0.382 e. The molecule has 1 aromatic carbocycles. The molecule has 0 aromatic heterocycles. The van der Waals surface area contributed by atoms with Crippen LogP contribution in [0.4, 0.5) is 5.69 Å². The molecule has 1 saturated heterocycles. The number of benzene rings is 1. The van der Waals surface area contributed by atoms with Crippen molar-refractivity contribution in [2.75, 3.05) is 18.4 Å². The van der Waals surface area contributed by atoms with Crippen molar-refractivity contribution in [1.82, 2.24) is 5.32 Å². The molecule has 0 bridgehead atoms. The second kappa shape index (κ2) is 4.86. The summed E-state index contributed by atoms with van der Waals surface area (Å²) in [6, 6.07) is 6.62. The van der Waals surface area contributed by atoms with E-state index in [9.17, 15) is 0 Å². The first-order valence-corrected chi connectivity index (χ1v) is 5.87. The number of rotatable bonds is 2. The molecule has 2 rings (SSSR count). The van der Waals surface area contributed by atoms with Gasteiger partial charge in [-0.1, -0.05) is 17.7 Å². The summed E-state index contributed by atoms with van der Waals surface area (Å²) in [4.78, 5) is 0. The summed E-state index contributed by atoms with van der Waals surface area (Å²) >= 11 is 6.08. The van der Waals surface area contributed by atoms with E-state index in [1.54, 1.807) is 0 Å². The summed E-state index contributed by atoms with van der Waals surface area (Å²) < 4.78 is 0. The van der Waals surface area contributed by atoms with Crippen LogP contribution in [0.15, 0.2) is 18.2 Å². The standard InChI is InChI=1S/C12H17ClN2/c1-9-11(13)3-2-4-12(9)15-10-5-7-14-8-6-10/h2-4,10,14-15H,5-8H2,1H3. The SMILES string of the molecule is Cc1c(Cl)cccc1NC1CCNCC1. The van der Waals surface area contributed by atoms with Crippen LogP contribution in [0.2, 0.25) is 5.02 Å². The van der Waals surface area contributed by atoms with Crippen LogP contribution in [0.5, 0.6) is 0 Å². The maximum atomic E-state index is 6.08. The van der Waals surface area contributed by atoms with Crippen LogP contribution in [0.1, 0.15) is 18.4 Å². The fourth-order valence-electron chi connectivity index (χ4n) is 1.95. The molecule has 0 radical (unpaired) electrons. The first-order chi connectivity index (χ1) is 7.27. The second-order valence-electron chi connectivity index (χ2n) is 4.08. The van der Waals surface area contributed by atoms with Gasteiger partial charge in [-0.3, -0.25) is 0 Å². The van der Waals surface area contributed by atoms with Crippen molar-refractivity contribution in [3.05, 3.63) is 28.8 Å². The average molecular weight is 225 g/mol. The third-order valence-electron chi connectivity index (χ3n) is 2.97. The molecule has 0 aliphatic carbocycles. The van der Waals surface area contributed by atoms with E-state index in [-0.39, 0.29) is 0 Å². The zero-order valence-electron chi connectivity index (χ0n) is 9.02. The Kier molecular flexibility index (Phi) is 3.49. The summed E-state index contributed by atoms with van der Waals surface area (Å²) in [6.45, 7) is 4.28. The lowest BCUT2D eigenvalue weighted by molar-refractivity contribution is 0.479. The summed E-state index contributed by atoms with van der Waals surface area (Å²) in [7, 11) is 0. The van der Waals surface area contributed by atoms with E-state index in [0.29, 0.717) is 6.04 Å². The van der Waals surface area contributed by atoms with Crippen molar-refractivity contribution in [3.8, 4) is 0 Å². The van der Waals surface area contributed by atoms with E-state index < -0.39 is 0 Å². The van der Waals surface area contributed by atoms with Crippen LogP contribution in [0.25, 0.3) is 0 Å². The quantitative estimate of drug-likeness (QED) is 0.808. The van der Waals surface area contributed by atoms with Crippen molar-refractivity contribution >= 4 is 17.3 Å².